The summed E-state index contributed by atoms with van der Waals surface area (Å²) in [6, 6.07) is 11.5. The number of nitrogens with one attached hydrogen (secondary N) is 1. The van der Waals surface area contributed by atoms with E-state index in [1.807, 2.05) is 62.1 Å². The molecule has 2 amide bonds. The molecule has 0 unspecified atom stereocenters. The molecule has 2 aromatic rings. The van der Waals surface area contributed by atoms with Crippen molar-refractivity contribution in [1.29, 1.82) is 0 Å². The normalized spacial score (nSPS) is 14.9. The summed E-state index contributed by atoms with van der Waals surface area (Å²) in [6.07, 6.45) is 1.32. The van der Waals surface area contributed by atoms with E-state index in [0.717, 1.165) is 22.3 Å². The van der Waals surface area contributed by atoms with Gasteiger partial charge in [0.05, 0.1) is 10.7 Å². The molecule has 142 valence electrons. The summed E-state index contributed by atoms with van der Waals surface area (Å²) in [7, 11) is 0. The van der Waals surface area contributed by atoms with Crippen molar-refractivity contribution in [3.8, 4) is 0 Å². The first-order chi connectivity index (χ1) is 12.9. The minimum atomic E-state index is -0.109. The number of rotatable bonds is 3. The van der Waals surface area contributed by atoms with E-state index in [1.165, 1.54) is 0 Å². The largest absolute Gasteiger partial charge is 0.339 e. The average Bonchev–Trinajstić information content (AvgIpc) is 2.64. The van der Waals surface area contributed by atoms with Crippen LogP contribution in [0.15, 0.2) is 36.4 Å². The number of likely N-dealkylation sites (tertiary alicyclic amines) is 1. The lowest BCUT2D eigenvalue weighted by atomic mass is 9.94. The lowest BCUT2D eigenvalue weighted by molar-refractivity contribution is -0.121. The van der Waals surface area contributed by atoms with Crippen molar-refractivity contribution in [3.63, 3.8) is 0 Å². The quantitative estimate of drug-likeness (QED) is 0.829. The van der Waals surface area contributed by atoms with Gasteiger partial charge in [0.25, 0.3) is 5.91 Å². The van der Waals surface area contributed by atoms with E-state index >= 15 is 0 Å². The predicted octanol–water partition coefficient (Wildman–Crippen LogP) is 4.76. The van der Waals surface area contributed by atoms with Crippen LogP contribution in [0.4, 0.5) is 5.69 Å². The summed E-state index contributed by atoms with van der Waals surface area (Å²) >= 11 is 6.30. The molecule has 27 heavy (non-hydrogen) atoms. The molecule has 0 saturated carbocycles. The number of hydrogen-bond acceptors (Lipinski definition) is 2. The molecule has 0 bridgehead atoms. The van der Waals surface area contributed by atoms with Crippen LogP contribution in [-0.4, -0.2) is 29.8 Å². The van der Waals surface area contributed by atoms with Gasteiger partial charge in [0, 0.05) is 24.6 Å². The van der Waals surface area contributed by atoms with Gasteiger partial charge >= 0.3 is 0 Å². The molecule has 2 aromatic carbocycles. The van der Waals surface area contributed by atoms with Gasteiger partial charge in [-0.1, -0.05) is 35.9 Å². The third-order valence-electron chi connectivity index (χ3n) is 5.21. The summed E-state index contributed by atoms with van der Waals surface area (Å²) < 4.78 is 0. The van der Waals surface area contributed by atoms with Gasteiger partial charge in [0.2, 0.25) is 5.91 Å². The predicted molar refractivity (Wildman–Crippen MR) is 109 cm³/mol. The maximum atomic E-state index is 12.7. The van der Waals surface area contributed by atoms with Crippen LogP contribution in [0, 0.1) is 26.7 Å². The van der Waals surface area contributed by atoms with E-state index < -0.39 is 0 Å². The van der Waals surface area contributed by atoms with Crippen LogP contribution >= 0.6 is 11.6 Å². The van der Waals surface area contributed by atoms with Crippen LogP contribution in [-0.2, 0) is 4.79 Å². The highest BCUT2D eigenvalue weighted by Gasteiger charge is 2.28. The topological polar surface area (TPSA) is 49.4 Å². The minimum absolute atomic E-state index is 0.0214. The molecule has 1 N–H and O–H groups in total. The van der Waals surface area contributed by atoms with E-state index in [1.54, 1.807) is 0 Å². The van der Waals surface area contributed by atoms with Crippen molar-refractivity contribution < 1.29 is 9.59 Å². The molecule has 4 nitrogen and oxygen atoms in total. The van der Waals surface area contributed by atoms with Gasteiger partial charge in [-0.05, 0) is 62.4 Å². The van der Waals surface area contributed by atoms with E-state index in [2.05, 4.69) is 5.32 Å². The highest BCUT2D eigenvalue weighted by atomic mass is 35.5. The van der Waals surface area contributed by atoms with Gasteiger partial charge in [0.15, 0.2) is 0 Å². The van der Waals surface area contributed by atoms with Gasteiger partial charge in [0.1, 0.15) is 0 Å². The Morgan fingerprint density at radius 2 is 1.70 bits per heavy atom. The lowest BCUT2D eigenvalue weighted by Gasteiger charge is -2.32. The van der Waals surface area contributed by atoms with Crippen LogP contribution in [0.5, 0.6) is 0 Å². The second-order valence-electron chi connectivity index (χ2n) is 7.31. The van der Waals surface area contributed by atoms with Crippen LogP contribution in [0.25, 0.3) is 0 Å². The molecule has 5 heteroatoms. The number of nitrogens with zero attached hydrogens (tertiary/aromatic N) is 1. The van der Waals surface area contributed by atoms with Crippen LogP contribution in [0.3, 0.4) is 0 Å². The minimum Gasteiger partial charge on any atom is -0.339 e. The number of piperidine rings is 1. The Labute approximate surface area is 165 Å². The Balaban J connectivity index is 1.62. The molecule has 1 aliphatic heterocycles. The highest BCUT2D eigenvalue weighted by Crippen LogP contribution is 2.29. The Morgan fingerprint density at radius 3 is 2.33 bits per heavy atom. The Morgan fingerprint density at radius 1 is 1.04 bits per heavy atom. The summed E-state index contributed by atoms with van der Waals surface area (Å²) in [5, 5.41) is 3.55. The van der Waals surface area contributed by atoms with Crippen molar-refractivity contribution in [2.75, 3.05) is 18.4 Å². The zero-order valence-corrected chi connectivity index (χ0v) is 16.8. The van der Waals surface area contributed by atoms with Gasteiger partial charge in [-0.3, -0.25) is 9.59 Å². The van der Waals surface area contributed by atoms with Crippen molar-refractivity contribution in [1.82, 2.24) is 4.90 Å². The smallest absolute Gasteiger partial charge is 0.254 e. The fourth-order valence-electron chi connectivity index (χ4n) is 3.63. The van der Waals surface area contributed by atoms with Gasteiger partial charge in [-0.25, -0.2) is 0 Å². The molecular weight excluding hydrogens is 360 g/mol. The lowest BCUT2D eigenvalue weighted by Crippen LogP contribution is -2.41. The van der Waals surface area contributed by atoms with Crippen LogP contribution in [0.2, 0.25) is 5.02 Å². The molecule has 0 spiro atoms. The third kappa shape index (κ3) is 4.33. The zero-order chi connectivity index (χ0) is 19.6. The SMILES string of the molecule is Cc1cc(C)c(NC(=O)C2CCN(C(=O)c3ccccc3C)CC2)c(Cl)c1. The van der Waals surface area contributed by atoms with E-state index in [9.17, 15) is 9.59 Å². The maximum absolute atomic E-state index is 12.7. The number of carbonyl (C=O) groups is 2. The van der Waals surface area contributed by atoms with Gasteiger partial charge in [-0.15, -0.1) is 0 Å². The molecular formula is C22H25ClN2O2. The monoisotopic (exact) mass is 384 g/mol. The Kier molecular flexibility index (Phi) is 5.85. The van der Waals surface area contributed by atoms with E-state index in [-0.39, 0.29) is 17.7 Å². The molecule has 3 rings (SSSR count). The van der Waals surface area contributed by atoms with Gasteiger partial charge < -0.3 is 10.2 Å². The van der Waals surface area contributed by atoms with Gasteiger partial charge in [-0.2, -0.15) is 0 Å². The van der Waals surface area contributed by atoms with Crippen molar-refractivity contribution in [2.24, 2.45) is 5.92 Å². The number of halogens is 1. The molecule has 0 atom stereocenters. The van der Waals surface area contributed by atoms with Crippen molar-refractivity contribution >= 4 is 29.1 Å². The number of aryl methyl sites for hydroxylation is 3. The zero-order valence-electron chi connectivity index (χ0n) is 16.0. The standard InChI is InChI=1S/C22H25ClN2O2/c1-14-12-16(3)20(19(23)13-14)24-21(26)17-8-10-25(11-9-17)22(27)18-7-5-4-6-15(18)2/h4-7,12-13,17H,8-11H2,1-3H3,(H,24,26). The molecule has 0 aromatic heterocycles. The fraction of sp³-hybridized carbons (Fsp3) is 0.364. The summed E-state index contributed by atoms with van der Waals surface area (Å²) in [4.78, 5) is 27.2. The number of hydrogen-bond donors (Lipinski definition) is 1. The summed E-state index contributed by atoms with van der Waals surface area (Å²) in [5.41, 5.74) is 4.43. The third-order valence-corrected chi connectivity index (χ3v) is 5.51. The van der Waals surface area contributed by atoms with Crippen LogP contribution in [0.1, 0.15) is 39.9 Å². The van der Waals surface area contributed by atoms with Crippen LogP contribution < -0.4 is 5.32 Å². The Hall–Kier alpha value is -2.33. The molecule has 1 heterocycles. The summed E-state index contributed by atoms with van der Waals surface area (Å²) in [6.45, 7) is 7.04. The molecule has 1 saturated heterocycles. The van der Waals surface area contributed by atoms with Crippen molar-refractivity contribution in [2.45, 2.75) is 33.6 Å². The summed E-state index contributed by atoms with van der Waals surface area (Å²) in [5.74, 6) is -0.0843. The first-order valence-corrected chi connectivity index (χ1v) is 9.67. The maximum Gasteiger partial charge on any atom is 0.254 e. The highest BCUT2D eigenvalue weighted by molar-refractivity contribution is 6.34. The number of benzene rings is 2. The molecule has 1 aliphatic rings. The van der Waals surface area contributed by atoms with E-state index in [0.29, 0.717) is 36.6 Å². The second kappa shape index (κ2) is 8.13. The number of anilines is 1. The second-order valence-corrected chi connectivity index (χ2v) is 7.72. The fourth-order valence-corrected chi connectivity index (χ4v) is 4.00. The Bertz CT molecular complexity index is 847. The first kappa shape index (κ1) is 19.4. The first-order valence-electron chi connectivity index (χ1n) is 9.29. The van der Waals surface area contributed by atoms with E-state index in [4.69, 9.17) is 11.6 Å². The molecule has 1 fully saturated rings. The number of amides is 2. The average molecular weight is 385 g/mol. The molecule has 0 radical (unpaired) electrons. The van der Waals surface area contributed by atoms with Crippen molar-refractivity contribution in [3.05, 3.63) is 63.7 Å². The number of carbonyl (C=O) groups excluding carboxylic acids is 2. The molecule has 0 aliphatic carbocycles.